The number of carboxylic acid groups (broad SMARTS) is 1. The number of hydrogen-bond acceptors (Lipinski definition) is 2. The number of nitrogens with one attached hydrogen (secondary N) is 2. The molecule has 1 unspecified atom stereocenters. The minimum Gasteiger partial charge on any atom is -0.481 e. The molecule has 108 valence electrons. The molecule has 0 saturated heterocycles. The summed E-state index contributed by atoms with van der Waals surface area (Å²) in [6.07, 6.45) is 1.90. The molecule has 0 aromatic heterocycles. The molecule has 0 aliphatic heterocycles. The molecule has 1 atom stereocenters. The van der Waals surface area contributed by atoms with Crippen LogP contribution >= 0.6 is 31.9 Å². The van der Waals surface area contributed by atoms with E-state index >= 15 is 0 Å². The van der Waals surface area contributed by atoms with Crippen molar-refractivity contribution in [1.29, 1.82) is 0 Å². The molecule has 1 aromatic rings. The minimum atomic E-state index is -0.896. The standard InChI is InChI=1S/C13H14Br2N2O3/c14-8-3-4-10(9(15)5-8)16-13(20)17-11(6-12(18)19)7-1-2-7/h3-5,7,11H,1-2,6H2,(H,18,19)(H2,16,17,20). The van der Waals surface area contributed by atoms with Gasteiger partial charge in [-0.3, -0.25) is 4.79 Å². The SMILES string of the molecule is O=C(O)CC(NC(=O)Nc1ccc(Br)cc1Br)C1CC1. The monoisotopic (exact) mass is 404 g/mol. The van der Waals surface area contributed by atoms with Crippen LogP contribution in [0.5, 0.6) is 0 Å². The average molecular weight is 406 g/mol. The molecule has 0 bridgehead atoms. The molecule has 5 nitrogen and oxygen atoms in total. The zero-order chi connectivity index (χ0) is 14.7. The fourth-order valence-electron chi connectivity index (χ4n) is 1.94. The van der Waals surface area contributed by atoms with Crippen molar-refractivity contribution in [2.45, 2.75) is 25.3 Å². The first-order valence-corrected chi connectivity index (χ1v) is 7.78. The van der Waals surface area contributed by atoms with Crippen LogP contribution in [0.4, 0.5) is 10.5 Å². The summed E-state index contributed by atoms with van der Waals surface area (Å²) < 4.78 is 1.65. The molecular formula is C13H14Br2N2O3. The number of carbonyl (C=O) groups excluding carboxylic acids is 1. The van der Waals surface area contributed by atoms with Crippen molar-refractivity contribution in [1.82, 2.24) is 5.32 Å². The molecule has 1 aliphatic rings. The van der Waals surface area contributed by atoms with Crippen LogP contribution in [0, 0.1) is 5.92 Å². The largest absolute Gasteiger partial charge is 0.481 e. The van der Waals surface area contributed by atoms with E-state index in [1.807, 2.05) is 12.1 Å². The third-order valence-electron chi connectivity index (χ3n) is 3.08. The predicted molar refractivity (Wildman–Crippen MR) is 82.8 cm³/mol. The summed E-state index contributed by atoms with van der Waals surface area (Å²) in [6, 6.07) is 4.71. The highest BCUT2D eigenvalue weighted by atomic mass is 79.9. The summed E-state index contributed by atoms with van der Waals surface area (Å²) in [7, 11) is 0. The highest BCUT2D eigenvalue weighted by Crippen LogP contribution is 2.34. The van der Waals surface area contributed by atoms with Crippen LogP contribution in [0.1, 0.15) is 19.3 Å². The van der Waals surface area contributed by atoms with Crippen molar-refractivity contribution in [2.24, 2.45) is 5.92 Å². The van der Waals surface area contributed by atoms with Crippen molar-refractivity contribution >= 4 is 49.5 Å². The first-order valence-electron chi connectivity index (χ1n) is 6.20. The summed E-state index contributed by atoms with van der Waals surface area (Å²) in [5.41, 5.74) is 0.635. The zero-order valence-electron chi connectivity index (χ0n) is 10.5. The molecule has 2 rings (SSSR count). The van der Waals surface area contributed by atoms with E-state index in [9.17, 15) is 9.59 Å². The highest BCUT2D eigenvalue weighted by molar-refractivity contribution is 9.11. The topological polar surface area (TPSA) is 78.4 Å². The number of halogens is 2. The maximum atomic E-state index is 11.9. The fourth-order valence-corrected chi connectivity index (χ4v) is 3.09. The lowest BCUT2D eigenvalue weighted by Crippen LogP contribution is -2.40. The van der Waals surface area contributed by atoms with Gasteiger partial charge < -0.3 is 15.7 Å². The van der Waals surface area contributed by atoms with E-state index in [2.05, 4.69) is 42.5 Å². The van der Waals surface area contributed by atoms with E-state index in [0.29, 0.717) is 5.69 Å². The smallest absolute Gasteiger partial charge is 0.319 e. The minimum absolute atomic E-state index is 0.0421. The van der Waals surface area contributed by atoms with E-state index < -0.39 is 5.97 Å². The van der Waals surface area contributed by atoms with Gasteiger partial charge in [0.1, 0.15) is 0 Å². The van der Waals surface area contributed by atoms with Crippen molar-refractivity contribution in [3.8, 4) is 0 Å². The van der Waals surface area contributed by atoms with Crippen LogP contribution in [0.2, 0.25) is 0 Å². The first kappa shape index (κ1) is 15.3. The number of urea groups is 1. The second kappa shape index (κ2) is 6.58. The Kier molecular flexibility index (Phi) is 5.04. The Morgan fingerprint density at radius 3 is 2.60 bits per heavy atom. The van der Waals surface area contributed by atoms with Gasteiger partial charge >= 0.3 is 12.0 Å². The van der Waals surface area contributed by atoms with Crippen LogP contribution in [-0.2, 0) is 4.79 Å². The molecule has 0 spiro atoms. The van der Waals surface area contributed by atoms with E-state index in [0.717, 1.165) is 21.8 Å². The number of carbonyl (C=O) groups is 2. The lowest BCUT2D eigenvalue weighted by molar-refractivity contribution is -0.137. The quantitative estimate of drug-likeness (QED) is 0.700. The van der Waals surface area contributed by atoms with Gasteiger partial charge in [-0.1, -0.05) is 15.9 Å². The second-order valence-electron chi connectivity index (χ2n) is 4.76. The first-order chi connectivity index (χ1) is 9.45. The molecule has 1 fully saturated rings. The van der Waals surface area contributed by atoms with E-state index in [-0.39, 0.29) is 24.4 Å². The molecule has 1 aromatic carbocycles. The summed E-state index contributed by atoms with van der Waals surface area (Å²) >= 11 is 6.69. The van der Waals surface area contributed by atoms with Crippen LogP contribution < -0.4 is 10.6 Å². The molecular weight excluding hydrogens is 392 g/mol. The van der Waals surface area contributed by atoms with Gasteiger partial charge in [0.15, 0.2) is 0 Å². The van der Waals surface area contributed by atoms with Gasteiger partial charge in [-0.05, 0) is 52.9 Å². The number of amides is 2. The van der Waals surface area contributed by atoms with Gasteiger partial charge in [0.05, 0.1) is 12.1 Å². The van der Waals surface area contributed by atoms with Gasteiger partial charge in [-0.15, -0.1) is 0 Å². The number of benzene rings is 1. The number of rotatable bonds is 5. The van der Waals surface area contributed by atoms with Gasteiger partial charge in [0.25, 0.3) is 0 Å². The van der Waals surface area contributed by atoms with Crippen LogP contribution in [0.15, 0.2) is 27.1 Å². The summed E-state index contributed by atoms with van der Waals surface area (Å²) in [5, 5.41) is 14.3. The van der Waals surface area contributed by atoms with Crippen molar-refractivity contribution in [3.63, 3.8) is 0 Å². The van der Waals surface area contributed by atoms with E-state index in [1.54, 1.807) is 6.07 Å². The Balaban J connectivity index is 1.95. The highest BCUT2D eigenvalue weighted by Gasteiger charge is 2.33. The average Bonchev–Trinajstić information content (AvgIpc) is 3.15. The lowest BCUT2D eigenvalue weighted by Gasteiger charge is -2.17. The molecule has 3 N–H and O–H groups in total. The molecule has 20 heavy (non-hydrogen) atoms. The Morgan fingerprint density at radius 1 is 1.35 bits per heavy atom. The molecule has 1 saturated carbocycles. The Hall–Kier alpha value is -1.08. The number of hydrogen-bond donors (Lipinski definition) is 3. The maximum absolute atomic E-state index is 11.9. The molecule has 0 heterocycles. The van der Waals surface area contributed by atoms with Crippen molar-refractivity contribution in [3.05, 3.63) is 27.1 Å². The summed E-state index contributed by atoms with van der Waals surface area (Å²) in [5.74, 6) is -0.614. The number of carboxylic acids is 1. The summed E-state index contributed by atoms with van der Waals surface area (Å²) in [4.78, 5) is 22.7. The van der Waals surface area contributed by atoms with Crippen molar-refractivity contribution < 1.29 is 14.7 Å². The number of anilines is 1. The van der Waals surface area contributed by atoms with Crippen LogP contribution in [0.3, 0.4) is 0 Å². The molecule has 7 heteroatoms. The third-order valence-corrected chi connectivity index (χ3v) is 4.23. The van der Waals surface area contributed by atoms with Gasteiger partial charge in [0.2, 0.25) is 0 Å². The molecule has 0 radical (unpaired) electrons. The van der Waals surface area contributed by atoms with Gasteiger partial charge in [0, 0.05) is 15.0 Å². The van der Waals surface area contributed by atoms with Crippen molar-refractivity contribution in [2.75, 3.05) is 5.32 Å². The van der Waals surface area contributed by atoms with Crippen LogP contribution in [-0.4, -0.2) is 23.1 Å². The predicted octanol–water partition coefficient (Wildman–Crippen LogP) is 3.59. The Morgan fingerprint density at radius 2 is 2.05 bits per heavy atom. The van der Waals surface area contributed by atoms with Gasteiger partial charge in [-0.25, -0.2) is 4.79 Å². The molecule has 1 aliphatic carbocycles. The van der Waals surface area contributed by atoms with Crippen LogP contribution in [0.25, 0.3) is 0 Å². The zero-order valence-corrected chi connectivity index (χ0v) is 13.7. The normalized spacial score (nSPS) is 15.5. The van der Waals surface area contributed by atoms with E-state index in [1.165, 1.54) is 0 Å². The Bertz CT molecular complexity index is 532. The van der Waals surface area contributed by atoms with Gasteiger partial charge in [-0.2, -0.15) is 0 Å². The lowest BCUT2D eigenvalue weighted by atomic mass is 10.1. The maximum Gasteiger partial charge on any atom is 0.319 e. The second-order valence-corrected chi connectivity index (χ2v) is 6.53. The number of aliphatic carboxylic acids is 1. The third kappa shape index (κ3) is 4.49. The summed E-state index contributed by atoms with van der Waals surface area (Å²) in [6.45, 7) is 0. The fraction of sp³-hybridized carbons (Fsp3) is 0.385. The Labute approximate surface area is 133 Å². The molecule has 2 amide bonds. The van der Waals surface area contributed by atoms with E-state index in [4.69, 9.17) is 5.11 Å².